The van der Waals surface area contributed by atoms with E-state index in [-0.39, 0.29) is 0 Å². The second kappa shape index (κ2) is 3.74. The Morgan fingerprint density at radius 2 is 1.67 bits per heavy atom. The molecule has 0 heterocycles. The highest BCUT2D eigenvalue weighted by molar-refractivity contribution is 6.20. The maximum absolute atomic E-state index is 11.7. The first kappa shape index (κ1) is 10.6. The van der Waals surface area contributed by atoms with Gasteiger partial charge in [-0.3, -0.25) is 4.79 Å². The van der Waals surface area contributed by atoms with Crippen molar-refractivity contribution in [3.63, 3.8) is 0 Å². The van der Waals surface area contributed by atoms with E-state index in [9.17, 15) is 4.79 Å². The van der Waals surface area contributed by atoms with Crippen molar-refractivity contribution >= 4 is 33.1 Å². The van der Waals surface area contributed by atoms with Crippen LogP contribution >= 0.6 is 0 Å². The number of benzene rings is 3. The normalized spacial score (nSPS) is 10.9. The summed E-state index contributed by atoms with van der Waals surface area (Å²) in [5.41, 5.74) is 12.6. The van der Waals surface area contributed by atoms with Crippen LogP contribution in [-0.4, -0.2) is 5.91 Å². The van der Waals surface area contributed by atoms with Crippen LogP contribution in [0.3, 0.4) is 0 Å². The zero-order valence-corrected chi connectivity index (χ0v) is 9.68. The zero-order chi connectivity index (χ0) is 12.7. The van der Waals surface area contributed by atoms with E-state index in [2.05, 4.69) is 0 Å². The maximum Gasteiger partial charge on any atom is 0.250 e. The smallest absolute Gasteiger partial charge is 0.250 e. The number of anilines is 1. The van der Waals surface area contributed by atoms with E-state index < -0.39 is 5.91 Å². The highest BCUT2D eigenvalue weighted by Crippen LogP contribution is 2.31. The fourth-order valence-electron chi connectivity index (χ4n) is 2.41. The number of fused-ring (bicyclic) bond motifs is 2. The van der Waals surface area contributed by atoms with Gasteiger partial charge in [0.15, 0.2) is 0 Å². The second-order valence-electron chi connectivity index (χ2n) is 4.28. The standard InChI is InChI=1S/C15H12N2O/c16-12-7-3-5-10-8-9-4-1-2-6-11(9)14(13(10)12)15(17)18/h1-8H,16H2,(H2,17,18). The summed E-state index contributed by atoms with van der Waals surface area (Å²) in [6.45, 7) is 0. The molecule has 0 aliphatic carbocycles. The molecule has 0 atom stereocenters. The Morgan fingerprint density at radius 1 is 0.944 bits per heavy atom. The number of nitrogen functional groups attached to an aromatic ring is 1. The van der Waals surface area contributed by atoms with Crippen molar-refractivity contribution in [1.29, 1.82) is 0 Å². The first-order valence-corrected chi connectivity index (χ1v) is 5.68. The third-order valence-electron chi connectivity index (χ3n) is 3.17. The van der Waals surface area contributed by atoms with Crippen LogP contribution in [-0.2, 0) is 0 Å². The number of rotatable bonds is 1. The van der Waals surface area contributed by atoms with Crippen LogP contribution in [0.15, 0.2) is 48.5 Å². The lowest BCUT2D eigenvalue weighted by molar-refractivity contribution is 0.100. The SMILES string of the molecule is NC(=O)c1c2ccccc2cc2cccc(N)c12. The second-order valence-corrected chi connectivity index (χ2v) is 4.28. The highest BCUT2D eigenvalue weighted by Gasteiger charge is 2.13. The summed E-state index contributed by atoms with van der Waals surface area (Å²) in [5, 5.41) is 3.51. The average molecular weight is 236 g/mol. The van der Waals surface area contributed by atoms with Gasteiger partial charge in [-0.25, -0.2) is 0 Å². The lowest BCUT2D eigenvalue weighted by Crippen LogP contribution is -2.13. The first-order chi connectivity index (χ1) is 8.68. The maximum atomic E-state index is 11.7. The van der Waals surface area contributed by atoms with E-state index in [0.717, 1.165) is 21.5 Å². The lowest BCUT2D eigenvalue weighted by Gasteiger charge is -2.10. The van der Waals surface area contributed by atoms with Gasteiger partial charge in [-0.2, -0.15) is 0 Å². The summed E-state index contributed by atoms with van der Waals surface area (Å²) in [7, 11) is 0. The van der Waals surface area contributed by atoms with E-state index in [1.165, 1.54) is 0 Å². The van der Waals surface area contributed by atoms with E-state index in [0.29, 0.717) is 11.3 Å². The predicted octanol–water partition coefficient (Wildman–Crippen LogP) is 2.67. The van der Waals surface area contributed by atoms with Gasteiger partial charge in [-0.1, -0.05) is 36.4 Å². The predicted molar refractivity (Wildman–Crippen MR) is 74.4 cm³/mol. The Bertz CT molecular complexity index is 778. The number of hydrogen-bond donors (Lipinski definition) is 2. The van der Waals surface area contributed by atoms with Gasteiger partial charge in [0, 0.05) is 11.1 Å². The molecular weight excluding hydrogens is 224 g/mol. The molecule has 3 heteroatoms. The van der Waals surface area contributed by atoms with Crippen molar-refractivity contribution in [1.82, 2.24) is 0 Å². The number of nitrogens with two attached hydrogens (primary N) is 2. The molecule has 0 bridgehead atoms. The van der Waals surface area contributed by atoms with Gasteiger partial charge in [-0.15, -0.1) is 0 Å². The van der Waals surface area contributed by atoms with E-state index in [1.807, 2.05) is 42.5 Å². The van der Waals surface area contributed by atoms with Crippen molar-refractivity contribution in [2.24, 2.45) is 5.73 Å². The Balaban J connectivity index is 2.64. The summed E-state index contributed by atoms with van der Waals surface area (Å²) < 4.78 is 0. The molecular formula is C15H12N2O. The molecule has 18 heavy (non-hydrogen) atoms. The molecule has 3 nitrogen and oxygen atoms in total. The van der Waals surface area contributed by atoms with Crippen molar-refractivity contribution < 1.29 is 4.79 Å². The lowest BCUT2D eigenvalue weighted by atomic mass is 9.95. The molecule has 0 spiro atoms. The highest BCUT2D eigenvalue weighted by atomic mass is 16.1. The fourth-order valence-corrected chi connectivity index (χ4v) is 2.41. The van der Waals surface area contributed by atoms with Crippen LogP contribution in [0.4, 0.5) is 5.69 Å². The van der Waals surface area contributed by atoms with Crippen molar-refractivity contribution in [3.05, 3.63) is 54.1 Å². The quantitative estimate of drug-likeness (QED) is 0.503. The summed E-state index contributed by atoms with van der Waals surface area (Å²) in [4.78, 5) is 11.7. The van der Waals surface area contributed by atoms with Gasteiger partial charge < -0.3 is 11.5 Å². The van der Waals surface area contributed by atoms with Crippen molar-refractivity contribution in [2.75, 3.05) is 5.73 Å². The van der Waals surface area contributed by atoms with Gasteiger partial charge in [0.05, 0.1) is 5.56 Å². The molecule has 0 aliphatic rings. The monoisotopic (exact) mass is 236 g/mol. The van der Waals surface area contributed by atoms with Crippen molar-refractivity contribution in [3.8, 4) is 0 Å². The molecule has 0 aliphatic heterocycles. The number of carbonyl (C=O) groups is 1. The molecule has 0 radical (unpaired) electrons. The van der Waals surface area contributed by atoms with Crippen LogP contribution in [0.5, 0.6) is 0 Å². The minimum Gasteiger partial charge on any atom is -0.398 e. The number of hydrogen-bond acceptors (Lipinski definition) is 2. The fraction of sp³-hybridized carbons (Fsp3) is 0. The van der Waals surface area contributed by atoms with Gasteiger partial charge in [0.25, 0.3) is 0 Å². The molecule has 88 valence electrons. The Hall–Kier alpha value is -2.55. The number of amides is 1. The minimum absolute atomic E-state index is 0.449. The summed E-state index contributed by atoms with van der Waals surface area (Å²) in [5.74, 6) is -0.449. The van der Waals surface area contributed by atoms with Crippen LogP contribution in [0.2, 0.25) is 0 Å². The Morgan fingerprint density at radius 3 is 2.44 bits per heavy atom. The van der Waals surface area contributed by atoms with Gasteiger partial charge >= 0.3 is 0 Å². The third-order valence-corrected chi connectivity index (χ3v) is 3.17. The van der Waals surface area contributed by atoms with Crippen LogP contribution in [0.1, 0.15) is 10.4 Å². The van der Waals surface area contributed by atoms with E-state index in [4.69, 9.17) is 11.5 Å². The topological polar surface area (TPSA) is 69.1 Å². The molecule has 4 N–H and O–H groups in total. The summed E-state index contributed by atoms with van der Waals surface area (Å²) in [6, 6.07) is 15.3. The molecule has 0 fully saturated rings. The van der Waals surface area contributed by atoms with Crippen LogP contribution in [0, 0.1) is 0 Å². The number of primary amides is 1. The summed E-state index contributed by atoms with van der Waals surface area (Å²) in [6.07, 6.45) is 0. The zero-order valence-electron chi connectivity index (χ0n) is 9.68. The molecule has 3 aromatic carbocycles. The molecule has 0 saturated heterocycles. The third kappa shape index (κ3) is 1.41. The Kier molecular flexibility index (Phi) is 2.20. The van der Waals surface area contributed by atoms with Gasteiger partial charge in [0.2, 0.25) is 5.91 Å². The molecule has 0 aromatic heterocycles. The van der Waals surface area contributed by atoms with Crippen LogP contribution in [0.25, 0.3) is 21.5 Å². The Labute approximate surface area is 104 Å². The molecule has 0 saturated carbocycles. The first-order valence-electron chi connectivity index (χ1n) is 5.68. The van der Waals surface area contributed by atoms with Crippen LogP contribution < -0.4 is 11.5 Å². The largest absolute Gasteiger partial charge is 0.398 e. The molecule has 3 aromatic rings. The van der Waals surface area contributed by atoms with Gasteiger partial charge in [-0.05, 0) is 28.3 Å². The van der Waals surface area contributed by atoms with E-state index >= 15 is 0 Å². The van der Waals surface area contributed by atoms with Gasteiger partial charge in [0.1, 0.15) is 0 Å². The average Bonchev–Trinajstić information content (AvgIpc) is 2.36. The van der Waals surface area contributed by atoms with E-state index in [1.54, 1.807) is 6.07 Å². The van der Waals surface area contributed by atoms with Crippen molar-refractivity contribution in [2.45, 2.75) is 0 Å². The number of carbonyl (C=O) groups excluding carboxylic acids is 1. The molecule has 1 amide bonds. The summed E-state index contributed by atoms with van der Waals surface area (Å²) >= 11 is 0. The molecule has 3 rings (SSSR count). The molecule has 0 unspecified atom stereocenters. The minimum atomic E-state index is -0.449.